The monoisotopic (exact) mass is 336 g/mol. The molecule has 0 aliphatic carbocycles. The Balaban J connectivity index is 1.57. The van der Waals surface area contributed by atoms with Gasteiger partial charge in [-0.05, 0) is 22.9 Å². The Bertz CT molecular complexity index is 877. The van der Waals surface area contributed by atoms with E-state index in [0.29, 0.717) is 0 Å². The molecule has 1 fully saturated rings. The molecule has 1 aromatic heterocycles. The summed E-state index contributed by atoms with van der Waals surface area (Å²) in [7, 11) is 0. The van der Waals surface area contributed by atoms with Gasteiger partial charge in [0.15, 0.2) is 0 Å². The third kappa shape index (κ3) is 2.36. The first-order valence-corrected chi connectivity index (χ1v) is 9.83. The molecular weight excluding hydrogens is 316 g/mol. The summed E-state index contributed by atoms with van der Waals surface area (Å²) in [4.78, 5) is 2.63. The van der Waals surface area contributed by atoms with Gasteiger partial charge in [-0.2, -0.15) is 11.8 Å². The zero-order chi connectivity index (χ0) is 15.9. The van der Waals surface area contributed by atoms with Crippen LogP contribution in [0.5, 0.6) is 0 Å². The zero-order valence-corrected chi connectivity index (χ0v) is 14.4. The van der Waals surface area contributed by atoms with Gasteiger partial charge < -0.3 is 4.52 Å². The molecule has 0 saturated carbocycles. The second-order valence-electron chi connectivity index (χ2n) is 6.70. The highest BCUT2D eigenvalue weighted by molar-refractivity contribution is 7.99. The molecule has 4 heteroatoms. The minimum Gasteiger partial charge on any atom is -0.360 e. The van der Waals surface area contributed by atoms with Crippen LogP contribution in [0.25, 0.3) is 22.0 Å². The second kappa shape index (κ2) is 5.94. The number of rotatable bonds is 2. The minimum atomic E-state index is 0.721. The maximum atomic E-state index is 5.72. The molecule has 24 heavy (non-hydrogen) atoms. The summed E-state index contributed by atoms with van der Waals surface area (Å²) in [6, 6.07) is 15.7. The van der Waals surface area contributed by atoms with Crippen molar-refractivity contribution in [3.05, 3.63) is 53.8 Å². The van der Waals surface area contributed by atoms with Gasteiger partial charge >= 0.3 is 0 Å². The molecule has 1 atom stereocenters. The Morgan fingerprint density at radius 2 is 2.04 bits per heavy atom. The largest absolute Gasteiger partial charge is 0.360 e. The fourth-order valence-corrected chi connectivity index (χ4v) is 5.25. The lowest BCUT2D eigenvalue weighted by Gasteiger charge is -2.31. The summed E-state index contributed by atoms with van der Waals surface area (Å²) in [6.45, 7) is 2.07. The van der Waals surface area contributed by atoms with Crippen LogP contribution in [0.2, 0.25) is 0 Å². The standard InChI is InChI=1S/C20H20N2OS/c1-2-6-16-14(4-1)5-3-7-17(16)20-18-12-22(15-9-11-24-13-15)10-8-19(18)23-21-20/h1-7,15H,8-13H2. The van der Waals surface area contributed by atoms with Crippen LogP contribution in [-0.2, 0) is 13.0 Å². The molecule has 2 aliphatic heterocycles. The van der Waals surface area contributed by atoms with Crippen LogP contribution in [0.4, 0.5) is 0 Å². The van der Waals surface area contributed by atoms with Gasteiger partial charge in [0.05, 0.1) is 0 Å². The van der Waals surface area contributed by atoms with E-state index < -0.39 is 0 Å². The fraction of sp³-hybridized carbons (Fsp3) is 0.350. The normalized spacial score (nSPS) is 21.2. The lowest BCUT2D eigenvalue weighted by atomic mass is 9.96. The molecule has 2 aromatic carbocycles. The second-order valence-corrected chi connectivity index (χ2v) is 7.85. The Labute approximate surface area is 146 Å². The van der Waals surface area contributed by atoms with E-state index in [-0.39, 0.29) is 0 Å². The topological polar surface area (TPSA) is 29.3 Å². The first-order valence-electron chi connectivity index (χ1n) is 8.67. The molecule has 5 rings (SSSR count). The molecule has 0 bridgehead atoms. The van der Waals surface area contributed by atoms with Crippen molar-refractivity contribution in [2.24, 2.45) is 0 Å². The van der Waals surface area contributed by atoms with Crippen LogP contribution in [0, 0.1) is 0 Å². The molecule has 0 amide bonds. The van der Waals surface area contributed by atoms with E-state index in [4.69, 9.17) is 4.52 Å². The average Bonchev–Trinajstić information content (AvgIpc) is 3.30. The minimum absolute atomic E-state index is 0.721. The van der Waals surface area contributed by atoms with E-state index in [1.54, 1.807) is 0 Å². The summed E-state index contributed by atoms with van der Waals surface area (Å²) >= 11 is 2.08. The summed E-state index contributed by atoms with van der Waals surface area (Å²) < 4.78 is 5.72. The van der Waals surface area contributed by atoms with E-state index in [2.05, 4.69) is 64.3 Å². The van der Waals surface area contributed by atoms with E-state index in [1.165, 1.54) is 39.8 Å². The van der Waals surface area contributed by atoms with E-state index in [9.17, 15) is 0 Å². The van der Waals surface area contributed by atoms with Crippen LogP contribution >= 0.6 is 11.8 Å². The van der Waals surface area contributed by atoms with E-state index in [1.807, 2.05) is 0 Å². The number of nitrogens with zero attached hydrogens (tertiary/aromatic N) is 2. The molecule has 2 aliphatic rings. The van der Waals surface area contributed by atoms with Gasteiger partial charge in [-0.1, -0.05) is 47.6 Å². The van der Waals surface area contributed by atoms with Gasteiger partial charge in [0.2, 0.25) is 0 Å². The van der Waals surface area contributed by atoms with Crippen LogP contribution in [0.1, 0.15) is 17.7 Å². The van der Waals surface area contributed by atoms with Gasteiger partial charge in [0.25, 0.3) is 0 Å². The Morgan fingerprint density at radius 3 is 2.96 bits per heavy atom. The van der Waals surface area contributed by atoms with Crippen LogP contribution in [-0.4, -0.2) is 34.1 Å². The third-order valence-corrected chi connectivity index (χ3v) is 6.47. The average molecular weight is 336 g/mol. The number of hydrogen-bond donors (Lipinski definition) is 0. The van der Waals surface area contributed by atoms with Crippen LogP contribution < -0.4 is 0 Å². The number of benzene rings is 2. The maximum absolute atomic E-state index is 5.72. The van der Waals surface area contributed by atoms with Crippen molar-refractivity contribution in [1.29, 1.82) is 0 Å². The molecular formula is C20H20N2OS. The van der Waals surface area contributed by atoms with Gasteiger partial charge in [0.1, 0.15) is 11.5 Å². The fourth-order valence-electron chi connectivity index (χ4n) is 4.00. The molecule has 0 spiro atoms. The van der Waals surface area contributed by atoms with Gasteiger partial charge in [-0.25, -0.2) is 0 Å². The summed E-state index contributed by atoms with van der Waals surface area (Å²) in [5.41, 5.74) is 3.53. The number of aromatic nitrogens is 1. The molecule has 0 N–H and O–H groups in total. The number of hydrogen-bond acceptors (Lipinski definition) is 4. The molecule has 3 aromatic rings. The highest BCUT2D eigenvalue weighted by Gasteiger charge is 2.30. The van der Waals surface area contributed by atoms with Crippen molar-refractivity contribution in [3.63, 3.8) is 0 Å². The molecule has 1 saturated heterocycles. The van der Waals surface area contributed by atoms with Crippen LogP contribution in [0.3, 0.4) is 0 Å². The van der Waals surface area contributed by atoms with Crippen molar-refractivity contribution < 1.29 is 4.52 Å². The van der Waals surface area contributed by atoms with Gasteiger partial charge in [-0.15, -0.1) is 0 Å². The van der Waals surface area contributed by atoms with Gasteiger partial charge in [-0.3, -0.25) is 4.90 Å². The van der Waals surface area contributed by atoms with Gasteiger partial charge in [0, 0.05) is 42.4 Å². The van der Waals surface area contributed by atoms with Crippen LogP contribution in [0.15, 0.2) is 47.0 Å². The summed E-state index contributed by atoms with van der Waals surface area (Å²) in [6.07, 6.45) is 2.29. The van der Waals surface area contributed by atoms with Crippen molar-refractivity contribution in [2.45, 2.75) is 25.4 Å². The number of fused-ring (bicyclic) bond motifs is 2. The van der Waals surface area contributed by atoms with Crippen molar-refractivity contribution in [1.82, 2.24) is 10.1 Å². The third-order valence-electron chi connectivity index (χ3n) is 5.32. The maximum Gasteiger partial charge on any atom is 0.143 e. The van der Waals surface area contributed by atoms with Crippen molar-refractivity contribution in [3.8, 4) is 11.3 Å². The highest BCUT2D eigenvalue weighted by atomic mass is 32.2. The lowest BCUT2D eigenvalue weighted by molar-refractivity contribution is 0.184. The molecule has 122 valence electrons. The Kier molecular flexibility index (Phi) is 3.60. The lowest BCUT2D eigenvalue weighted by Crippen LogP contribution is -2.39. The highest BCUT2D eigenvalue weighted by Crippen LogP contribution is 2.35. The quantitative estimate of drug-likeness (QED) is 0.695. The predicted molar refractivity (Wildman–Crippen MR) is 99.3 cm³/mol. The molecule has 0 radical (unpaired) electrons. The Hall–Kier alpha value is -1.78. The van der Waals surface area contributed by atoms with Crippen molar-refractivity contribution >= 4 is 22.5 Å². The summed E-state index contributed by atoms with van der Waals surface area (Å²) in [5, 5.41) is 6.98. The Morgan fingerprint density at radius 1 is 1.12 bits per heavy atom. The first kappa shape index (κ1) is 14.6. The molecule has 3 heterocycles. The molecule has 3 nitrogen and oxygen atoms in total. The molecule has 1 unspecified atom stereocenters. The summed E-state index contributed by atoms with van der Waals surface area (Å²) in [5.74, 6) is 3.65. The number of thioether (sulfide) groups is 1. The van der Waals surface area contributed by atoms with E-state index >= 15 is 0 Å². The van der Waals surface area contributed by atoms with E-state index in [0.717, 1.165) is 37.0 Å². The first-order chi connectivity index (χ1) is 11.9. The SMILES string of the molecule is c1ccc2c(-c3noc4c3CN(C3CCSC3)CC4)cccc2c1. The zero-order valence-electron chi connectivity index (χ0n) is 13.6. The van der Waals surface area contributed by atoms with Crippen molar-refractivity contribution in [2.75, 3.05) is 18.1 Å². The smallest absolute Gasteiger partial charge is 0.143 e. The predicted octanol–water partition coefficient (Wildman–Crippen LogP) is 4.36.